The van der Waals surface area contributed by atoms with Crippen LogP contribution in [-0.4, -0.2) is 73.4 Å². The van der Waals surface area contributed by atoms with Gasteiger partial charge in [0.2, 0.25) is 0 Å². The number of carbonyl (C=O) groups is 2. The second-order valence-electron chi connectivity index (χ2n) is 11.8. The number of hydrogen-bond acceptors (Lipinski definition) is 5. The molecule has 2 atom stereocenters. The molecule has 1 aromatic heterocycles. The summed E-state index contributed by atoms with van der Waals surface area (Å²) in [5, 5.41) is 3.31. The van der Waals surface area contributed by atoms with Crippen LogP contribution in [0.2, 0.25) is 10.0 Å². The molecule has 44 heavy (non-hydrogen) atoms. The fraction of sp³-hybridized carbons (Fsp3) is 0.375. The Kier molecular flexibility index (Phi) is 8.38. The lowest BCUT2D eigenvalue weighted by molar-refractivity contribution is -0.110. The number of alkyl halides is 1. The molecule has 0 saturated carbocycles. The molecule has 3 aliphatic rings. The van der Waals surface area contributed by atoms with Crippen LogP contribution in [0.5, 0.6) is 0 Å². The van der Waals surface area contributed by atoms with Crippen LogP contribution in [-0.2, 0) is 20.4 Å². The summed E-state index contributed by atoms with van der Waals surface area (Å²) in [6.07, 6.45) is 3.17. The third-order valence-corrected chi connectivity index (χ3v) is 11.2. The van der Waals surface area contributed by atoms with E-state index in [0.717, 1.165) is 12.8 Å². The SMILES string of the molecule is Cc1[nH]c(/C=C2\C(=O)Nc3ccc(S(=O)(=O)Cc4c(Cl)cccc4Cl)cc32)c(C)c1C(=O)N1CCC[C@@H]1CN1CC[C@@H](F)C1. The quantitative estimate of drug-likeness (QED) is 0.301. The molecule has 4 heterocycles. The first-order chi connectivity index (χ1) is 20.9. The number of amides is 2. The van der Waals surface area contributed by atoms with E-state index in [1.165, 1.54) is 12.1 Å². The second-order valence-corrected chi connectivity index (χ2v) is 14.6. The van der Waals surface area contributed by atoms with Gasteiger partial charge in [-0.25, -0.2) is 12.8 Å². The highest BCUT2D eigenvalue weighted by Gasteiger charge is 2.35. The molecule has 0 aliphatic carbocycles. The van der Waals surface area contributed by atoms with Gasteiger partial charge < -0.3 is 15.2 Å². The van der Waals surface area contributed by atoms with E-state index in [1.807, 2.05) is 18.7 Å². The molecule has 2 saturated heterocycles. The highest BCUT2D eigenvalue weighted by atomic mass is 35.5. The van der Waals surface area contributed by atoms with Gasteiger partial charge in [0.05, 0.1) is 21.8 Å². The Labute approximate surface area is 266 Å². The summed E-state index contributed by atoms with van der Waals surface area (Å²) < 4.78 is 40.6. The number of fused-ring (bicyclic) bond motifs is 1. The van der Waals surface area contributed by atoms with Gasteiger partial charge in [-0.05, 0) is 75.1 Å². The first kappa shape index (κ1) is 30.8. The number of nitrogens with one attached hydrogen (secondary N) is 2. The summed E-state index contributed by atoms with van der Waals surface area (Å²) in [5.74, 6) is -0.851. The van der Waals surface area contributed by atoms with Crippen molar-refractivity contribution in [3.05, 3.63) is 80.1 Å². The summed E-state index contributed by atoms with van der Waals surface area (Å²) in [6, 6.07) is 9.34. The number of aryl methyl sites for hydroxylation is 1. The molecule has 2 N–H and O–H groups in total. The monoisotopic (exact) mass is 658 g/mol. The maximum Gasteiger partial charge on any atom is 0.256 e. The van der Waals surface area contributed by atoms with Crippen molar-refractivity contribution in [3.8, 4) is 0 Å². The van der Waals surface area contributed by atoms with Crippen LogP contribution in [0.15, 0.2) is 41.3 Å². The summed E-state index contributed by atoms with van der Waals surface area (Å²) in [4.78, 5) is 34.2. The minimum Gasteiger partial charge on any atom is -0.358 e. The number of carbonyl (C=O) groups excluding carboxylic acids is 2. The molecular weight excluding hydrogens is 626 g/mol. The van der Waals surface area contributed by atoms with Gasteiger partial charge in [0, 0.05) is 70.5 Å². The van der Waals surface area contributed by atoms with E-state index in [9.17, 15) is 22.4 Å². The molecule has 2 amide bonds. The summed E-state index contributed by atoms with van der Waals surface area (Å²) >= 11 is 12.5. The number of H-pyrrole nitrogens is 1. The Bertz CT molecular complexity index is 1790. The lowest BCUT2D eigenvalue weighted by Crippen LogP contribution is -2.43. The molecule has 12 heteroatoms. The topological polar surface area (TPSA) is 103 Å². The molecule has 6 rings (SSSR count). The maximum absolute atomic E-state index is 13.8. The number of nitrogens with zero attached hydrogens (tertiary/aromatic N) is 2. The van der Waals surface area contributed by atoms with Crippen LogP contribution in [0.3, 0.4) is 0 Å². The van der Waals surface area contributed by atoms with Gasteiger partial charge in [0.15, 0.2) is 9.84 Å². The highest BCUT2D eigenvalue weighted by molar-refractivity contribution is 7.90. The first-order valence-electron chi connectivity index (χ1n) is 14.6. The third-order valence-electron chi connectivity index (χ3n) is 8.83. The Hall–Kier alpha value is -3.18. The fourth-order valence-electron chi connectivity index (χ4n) is 6.52. The van der Waals surface area contributed by atoms with Crippen LogP contribution in [0.1, 0.15) is 57.7 Å². The molecule has 3 aromatic rings. The zero-order valence-electron chi connectivity index (χ0n) is 24.4. The summed E-state index contributed by atoms with van der Waals surface area (Å²) in [5.41, 5.74) is 4.06. The van der Waals surface area contributed by atoms with Gasteiger partial charge in [0.25, 0.3) is 11.8 Å². The minimum absolute atomic E-state index is 0.0248. The Morgan fingerprint density at radius 2 is 1.86 bits per heavy atom. The number of aromatic amines is 1. The standard InChI is InChI=1S/C32H33Cl2FN4O4S/c1-18-29(36-19(2)30(18)32(41)39-11-4-5-21(39)16-38-12-10-20(35)15-38)14-24-23-13-22(8-9-28(23)37-31(24)40)44(42,43)17-25-26(33)6-3-7-27(25)34/h3,6-9,13-14,20-21,36H,4-5,10-12,15-17H2,1-2H3,(H,37,40)/b24-14-/t20-,21-/m1/s1. The molecule has 232 valence electrons. The highest BCUT2D eigenvalue weighted by Crippen LogP contribution is 2.37. The Morgan fingerprint density at radius 1 is 1.11 bits per heavy atom. The first-order valence-corrected chi connectivity index (χ1v) is 17.0. The van der Waals surface area contributed by atoms with Crippen molar-refractivity contribution in [2.45, 2.75) is 56.0 Å². The molecule has 0 radical (unpaired) electrons. The predicted molar refractivity (Wildman–Crippen MR) is 171 cm³/mol. The molecular formula is C32H33Cl2FN4O4S. The van der Waals surface area contributed by atoms with Gasteiger partial charge in [-0.15, -0.1) is 0 Å². The average Bonchev–Trinajstić information content (AvgIpc) is 3.73. The van der Waals surface area contributed by atoms with Crippen molar-refractivity contribution in [1.29, 1.82) is 0 Å². The lowest BCUT2D eigenvalue weighted by atomic mass is 10.0. The van der Waals surface area contributed by atoms with Crippen molar-refractivity contribution in [3.63, 3.8) is 0 Å². The molecule has 0 bridgehead atoms. The molecule has 0 unspecified atom stereocenters. The number of halogens is 3. The van der Waals surface area contributed by atoms with Crippen molar-refractivity contribution in [2.75, 3.05) is 31.5 Å². The summed E-state index contributed by atoms with van der Waals surface area (Å²) in [6.45, 7) is 6.09. The van der Waals surface area contributed by atoms with Crippen molar-refractivity contribution in [2.24, 2.45) is 0 Å². The van der Waals surface area contributed by atoms with E-state index in [-0.39, 0.29) is 38.4 Å². The molecule has 2 aromatic carbocycles. The lowest BCUT2D eigenvalue weighted by Gasteiger charge is -2.28. The van der Waals surface area contributed by atoms with Crippen LogP contribution in [0.4, 0.5) is 10.1 Å². The number of hydrogen-bond donors (Lipinski definition) is 2. The van der Waals surface area contributed by atoms with Crippen LogP contribution < -0.4 is 5.32 Å². The zero-order chi connectivity index (χ0) is 31.3. The van der Waals surface area contributed by atoms with Gasteiger partial charge in [-0.2, -0.15) is 0 Å². The van der Waals surface area contributed by atoms with E-state index in [1.54, 1.807) is 30.3 Å². The minimum atomic E-state index is -3.86. The third kappa shape index (κ3) is 5.80. The zero-order valence-corrected chi connectivity index (χ0v) is 26.8. The molecule has 3 aliphatic heterocycles. The summed E-state index contributed by atoms with van der Waals surface area (Å²) in [7, 11) is -3.86. The van der Waals surface area contributed by atoms with E-state index >= 15 is 0 Å². The number of anilines is 1. The van der Waals surface area contributed by atoms with Crippen LogP contribution in [0.25, 0.3) is 11.6 Å². The number of benzene rings is 2. The van der Waals surface area contributed by atoms with Crippen LogP contribution >= 0.6 is 23.2 Å². The van der Waals surface area contributed by atoms with E-state index in [4.69, 9.17) is 23.2 Å². The number of sulfone groups is 1. The van der Waals surface area contributed by atoms with Gasteiger partial charge in [-0.3, -0.25) is 14.5 Å². The second kappa shape index (κ2) is 12.0. The smallest absolute Gasteiger partial charge is 0.256 e. The van der Waals surface area contributed by atoms with E-state index in [0.29, 0.717) is 71.9 Å². The maximum atomic E-state index is 13.8. The Balaban J connectivity index is 1.28. The average molecular weight is 660 g/mol. The van der Waals surface area contributed by atoms with Gasteiger partial charge >= 0.3 is 0 Å². The number of likely N-dealkylation sites (tertiary alicyclic amines) is 2. The largest absolute Gasteiger partial charge is 0.358 e. The molecule has 8 nitrogen and oxygen atoms in total. The number of aromatic nitrogens is 1. The predicted octanol–water partition coefficient (Wildman–Crippen LogP) is 6.05. The van der Waals surface area contributed by atoms with Crippen molar-refractivity contribution < 1.29 is 22.4 Å². The van der Waals surface area contributed by atoms with Crippen molar-refractivity contribution >= 4 is 62.2 Å². The van der Waals surface area contributed by atoms with E-state index < -0.39 is 21.8 Å². The van der Waals surface area contributed by atoms with Gasteiger partial charge in [-0.1, -0.05) is 29.3 Å². The fourth-order valence-corrected chi connectivity index (χ4v) is 8.64. The van der Waals surface area contributed by atoms with Gasteiger partial charge in [0.1, 0.15) is 6.17 Å². The number of rotatable bonds is 7. The molecule has 2 fully saturated rings. The normalized spacial score (nSPS) is 21.3. The van der Waals surface area contributed by atoms with Crippen molar-refractivity contribution in [1.82, 2.24) is 14.8 Å². The van der Waals surface area contributed by atoms with E-state index in [2.05, 4.69) is 15.2 Å². The molecule has 0 spiro atoms. The van der Waals surface area contributed by atoms with Crippen LogP contribution in [0, 0.1) is 13.8 Å². The Morgan fingerprint density at radius 3 is 2.57 bits per heavy atom.